The van der Waals surface area contributed by atoms with E-state index in [1.54, 1.807) is 25.1 Å². The van der Waals surface area contributed by atoms with Gasteiger partial charge in [0.15, 0.2) is 0 Å². The number of carbonyl (C=O) groups excluding carboxylic acids is 1. The second-order valence-corrected chi connectivity index (χ2v) is 9.94. The van der Waals surface area contributed by atoms with Crippen molar-refractivity contribution in [3.05, 3.63) is 59.7 Å². The van der Waals surface area contributed by atoms with Gasteiger partial charge in [-0.3, -0.25) is 9.69 Å². The molecule has 0 saturated carbocycles. The zero-order valence-electron chi connectivity index (χ0n) is 18.4. The normalized spacial score (nSPS) is 15.4. The van der Waals surface area contributed by atoms with E-state index in [4.69, 9.17) is 4.74 Å². The standard InChI is InChI=1S/C23H31N3O4S/c1-18(2)25(16-20-7-5-4-6-8-20)17-23(27)24-21-10-9-19(3)22(15-21)31(28,29)26-11-13-30-14-12-26/h4-10,15,18H,11-14,16-17H2,1-3H3,(H,24,27). The highest BCUT2D eigenvalue weighted by atomic mass is 32.2. The van der Waals surface area contributed by atoms with Crippen molar-refractivity contribution in [2.24, 2.45) is 0 Å². The van der Waals surface area contributed by atoms with Gasteiger partial charge in [-0.15, -0.1) is 0 Å². The molecule has 0 radical (unpaired) electrons. The van der Waals surface area contributed by atoms with Crippen LogP contribution in [-0.4, -0.2) is 62.4 Å². The van der Waals surface area contributed by atoms with E-state index < -0.39 is 10.0 Å². The predicted octanol–water partition coefficient (Wildman–Crippen LogP) is 2.87. The summed E-state index contributed by atoms with van der Waals surface area (Å²) in [5, 5.41) is 2.87. The molecule has 0 spiro atoms. The van der Waals surface area contributed by atoms with Crippen LogP contribution in [0.4, 0.5) is 5.69 Å². The molecule has 0 aliphatic carbocycles. The molecule has 0 atom stereocenters. The highest BCUT2D eigenvalue weighted by Gasteiger charge is 2.28. The van der Waals surface area contributed by atoms with E-state index in [-0.39, 0.29) is 23.4 Å². The molecule has 31 heavy (non-hydrogen) atoms. The van der Waals surface area contributed by atoms with E-state index in [1.807, 2.05) is 30.3 Å². The molecule has 1 aliphatic rings. The van der Waals surface area contributed by atoms with Crippen LogP contribution in [0, 0.1) is 6.92 Å². The number of anilines is 1. The van der Waals surface area contributed by atoms with E-state index in [9.17, 15) is 13.2 Å². The van der Waals surface area contributed by atoms with Gasteiger partial charge in [-0.25, -0.2) is 8.42 Å². The fourth-order valence-corrected chi connectivity index (χ4v) is 5.16. The van der Waals surface area contributed by atoms with Gasteiger partial charge in [-0.1, -0.05) is 36.4 Å². The Morgan fingerprint density at radius 1 is 1.13 bits per heavy atom. The van der Waals surface area contributed by atoms with Crippen LogP contribution in [0.1, 0.15) is 25.0 Å². The fourth-order valence-electron chi connectivity index (χ4n) is 3.51. The van der Waals surface area contributed by atoms with Crippen LogP contribution in [0.5, 0.6) is 0 Å². The molecular weight excluding hydrogens is 414 g/mol. The van der Waals surface area contributed by atoms with E-state index in [2.05, 4.69) is 24.1 Å². The smallest absolute Gasteiger partial charge is 0.243 e. The SMILES string of the molecule is Cc1ccc(NC(=O)CN(Cc2ccccc2)C(C)C)cc1S(=O)(=O)N1CCOCC1. The number of sulfonamides is 1. The first kappa shape index (κ1) is 23.4. The van der Waals surface area contributed by atoms with E-state index in [1.165, 1.54) is 4.31 Å². The molecule has 3 rings (SSSR count). The number of hydrogen-bond donors (Lipinski definition) is 1. The van der Waals surface area contributed by atoms with Gasteiger partial charge in [0, 0.05) is 31.4 Å². The maximum absolute atomic E-state index is 13.1. The van der Waals surface area contributed by atoms with E-state index in [0.29, 0.717) is 44.1 Å². The Morgan fingerprint density at radius 3 is 2.45 bits per heavy atom. The quantitative estimate of drug-likeness (QED) is 0.676. The van der Waals surface area contributed by atoms with Gasteiger partial charge in [0.2, 0.25) is 15.9 Å². The molecule has 0 unspecified atom stereocenters. The number of ether oxygens (including phenoxy) is 1. The van der Waals surface area contributed by atoms with Crippen molar-refractivity contribution in [2.75, 3.05) is 38.2 Å². The van der Waals surface area contributed by atoms with Crippen molar-refractivity contribution in [1.82, 2.24) is 9.21 Å². The van der Waals surface area contributed by atoms with E-state index >= 15 is 0 Å². The second kappa shape index (κ2) is 10.4. The summed E-state index contributed by atoms with van der Waals surface area (Å²) in [6, 6.07) is 15.2. The lowest BCUT2D eigenvalue weighted by Gasteiger charge is -2.27. The Labute approximate surface area is 185 Å². The molecule has 1 saturated heterocycles. The summed E-state index contributed by atoms with van der Waals surface area (Å²) in [5.41, 5.74) is 2.27. The third-order valence-corrected chi connectivity index (χ3v) is 7.41. The molecule has 2 aromatic rings. The van der Waals surface area contributed by atoms with Crippen LogP contribution < -0.4 is 5.32 Å². The van der Waals surface area contributed by atoms with Gasteiger partial charge >= 0.3 is 0 Å². The molecule has 168 valence electrons. The summed E-state index contributed by atoms with van der Waals surface area (Å²) in [4.78, 5) is 15.0. The van der Waals surface area contributed by atoms with Gasteiger partial charge in [-0.05, 0) is 44.0 Å². The lowest BCUT2D eigenvalue weighted by Crippen LogP contribution is -2.40. The summed E-state index contributed by atoms with van der Waals surface area (Å²) in [6.07, 6.45) is 0. The van der Waals surface area contributed by atoms with Gasteiger partial charge in [-0.2, -0.15) is 4.31 Å². The molecule has 1 heterocycles. The maximum Gasteiger partial charge on any atom is 0.243 e. The molecule has 1 fully saturated rings. The van der Waals surface area contributed by atoms with Crippen LogP contribution >= 0.6 is 0 Å². The predicted molar refractivity (Wildman–Crippen MR) is 121 cm³/mol. The molecule has 7 nitrogen and oxygen atoms in total. The first-order valence-electron chi connectivity index (χ1n) is 10.5. The summed E-state index contributed by atoms with van der Waals surface area (Å²) < 4.78 is 32.8. The monoisotopic (exact) mass is 445 g/mol. The zero-order chi connectivity index (χ0) is 22.4. The fraction of sp³-hybridized carbons (Fsp3) is 0.435. The first-order chi connectivity index (χ1) is 14.8. The van der Waals surface area contributed by atoms with Gasteiger partial charge in [0.05, 0.1) is 24.7 Å². The summed E-state index contributed by atoms with van der Waals surface area (Å²) in [7, 11) is -3.64. The number of aryl methyl sites for hydroxylation is 1. The molecule has 1 amide bonds. The minimum atomic E-state index is -3.64. The summed E-state index contributed by atoms with van der Waals surface area (Å²) in [6.45, 7) is 8.19. The minimum Gasteiger partial charge on any atom is -0.379 e. The Bertz CT molecular complexity index is 987. The number of morpholine rings is 1. The highest BCUT2D eigenvalue weighted by Crippen LogP contribution is 2.24. The largest absolute Gasteiger partial charge is 0.379 e. The molecule has 1 aliphatic heterocycles. The third-order valence-electron chi connectivity index (χ3n) is 5.37. The van der Waals surface area contributed by atoms with Crippen LogP contribution in [-0.2, 0) is 26.1 Å². The van der Waals surface area contributed by atoms with Crippen molar-refractivity contribution >= 4 is 21.6 Å². The Kier molecular flexibility index (Phi) is 7.83. The molecule has 0 aromatic heterocycles. The average Bonchev–Trinajstić information content (AvgIpc) is 2.76. The number of nitrogens with zero attached hydrogens (tertiary/aromatic N) is 2. The van der Waals surface area contributed by atoms with Crippen molar-refractivity contribution in [3.63, 3.8) is 0 Å². The number of benzene rings is 2. The van der Waals surface area contributed by atoms with Crippen LogP contribution in [0.25, 0.3) is 0 Å². The lowest BCUT2D eigenvalue weighted by molar-refractivity contribution is -0.117. The molecule has 8 heteroatoms. The Balaban J connectivity index is 1.71. The summed E-state index contributed by atoms with van der Waals surface area (Å²) in [5.74, 6) is -0.178. The number of carbonyl (C=O) groups is 1. The number of amides is 1. The lowest BCUT2D eigenvalue weighted by atomic mass is 10.2. The van der Waals surface area contributed by atoms with Gasteiger partial charge in [0.25, 0.3) is 0 Å². The summed E-state index contributed by atoms with van der Waals surface area (Å²) >= 11 is 0. The van der Waals surface area contributed by atoms with Crippen LogP contribution in [0.3, 0.4) is 0 Å². The van der Waals surface area contributed by atoms with Crippen LogP contribution in [0.2, 0.25) is 0 Å². The zero-order valence-corrected chi connectivity index (χ0v) is 19.2. The Hall–Kier alpha value is -2.26. The highest BCUT2D eigenvalue weighted by molar-refractivity contribution is 7.89. The third kappa shape index (κ3) is 6.13. The van der Waals surface area contributed by atoms with Crippen molar-refractivity contribution in [1.29, 1.82) is 0 Å². The Morgan fingerprint density at radius 2 is 1.81 bits per heavy atom. The topological polar surface area (TPSA) is 79.0 Å². The number of hydrogen-bond acceptors (Lipinski definition) is 5. The van der Waals surface area contributed by atoms with Gasteiger partial charge in [0.1, 0.15) is 0 Å². The van der Waals surface area contributed by atoms with E-state index in [0.717, 1.165) is 5.56 Å². The van der Waals surface area contributed by atoms with Crippen molar-refractivity contribution in [3.8, 4) is 0 Å². The van der Waals surface area contributed by atoms with Crippen molar-refractivity contribution in [2.45, 2.75) is 38.3 Å². The number of rotatable bonds is 8. The number of nitrogens with one attached hydrogen (secondary N) is 1. The maximum atomic E-state index is 13.1. The molecule has 2 aromatic carbocycles. The minimum absolute atomic E-state index is 0.178. The van der Waals surface area contributed by atoms with Gasteiger partial charge < -0.3 is 10.1 Å². The molecular formula is C23H31N3O4S. The average molecular weight is 446 g/mol. The molecule has 0 bridgehead atoms. The first-order valence-corrected chi connectivity index (χ1v) is 12.0. The van der Waals surface area contributed by atoms with Crippen molar-refractivity contribution < 1.29 is 17.9 Å². The molecule has 1 N–H and O–H groups in total. The van der Waals surface area contributed by atoms with Crippen LogP contribution in [0.15, 0.2) is 53.4 Å². The second-order valence-electron chi connectivity index (χ2n) is 8.03.